The van der Waals surface area contributed by atoms with Gasteiger partial charge in [0.15, 0.2) is 0 Å². The van der Waals surface area contributed by atoms with Gasteiger partial charge >= 0.3 is 11.9 Å². The third kappa shape index (κ3) is 2.89. The SMILES string of the molecule is CC1(C)OC(=O)C(=Cc2ccc(-c3csnn3)cc2)C(=O)O1. The van der Waals surface area contributed by atoms with Crippen molar-refractivity contribution in [2.75, 3.05) is 0 Å². The van der Waals surface area contributed by atoms with Gasteiger partial charge in [-0.2, -0.15) is 0 Å². The maximum atomic E-state index is 11.9. The molecule has 1 aliphatic heterocycles. The van der Waals surface area contributed by atoms with Gasteiger partial charge in [0.05, 0.1) is 0 Å². The number of aromatic nitrogens is 2. The Balaban J connectivity index is 1.86. The first-order chi connectivity index (χ1) is 10.4. The fourth-order valence-corrected chi connectivity index (χ4v) is 2.45. The van der Waals surface area contributed by atoms with Crippen molar-refractivity contribution in [3.8, 4) is 11.3 Å². The molecule has 1 aliphatic rings. The highest BCUT2D eigenvalue weighted by molar-refractivity contribution is 7.03. The average Bonchev–Trinajstić information content (AvgIpc) is 2.97. The third-order valence-electron chi connectivity index (χ3n) is 2.99. The summed E-state index contributed by atoms with van der Waals surface area (Å²) in [6, 6.07) is 7.24. The van der Waals surface area contributed by atoms with Crippen LogP contribution in [0.25, 0.3) is 17.3 Å². The molecule has 7 heteroatoms. The maximum Gasteiger partial charge on any atom is 0.348 e. The molecular formula is C15H12N2O4S. The van der Waals surface area contributed by atoms with E-state index in [9.17, 15) is 9.59 Å². The molecule has 1 aromatic carbocycles. The van der Waals surface area contributed by atoms with Crippen molar-refractivity contribution in [1.82, 2.24) is 9.59 Å². The Morgan fingerprint density at radius 3 is 2.27 bits per heavy atom. The lowest BCUT2D eigenvalue weighted by atomic mass is 10.1. The number of cyclic esters (lactones) is 2. The summed E-state index contributed by atoms with van der Waals surface area (Å²) in [5.41, 5.74) is 2.26. The van der Waals surface area contributed by atoms with E-state index in [1.807, 2.05) is 17.5 Å². The smallest absolute Gasteiger partial charge is 0.348 e. The van der Waals surface area contributed by atoms with Gasteiger partial charge in [0.25, 0.3) is 5.79 Å². The Kier molecular flexibility index (Phi) is 3.50. The lowest BCUT2D eigenvalue weighted by molar-refractivity contribution is -0.222. The molecule has 1 saturated heterocycles. The molecule has 22 heavy (non-hydrogen) atoms. The van der Waals surface area contributed by atoms with Gasteiger partial charge < -0.3 is 9.47 Å². The zero-order chi connectivity index (χ0) is 15.7. The van der Waals surface area contributed by atoms with Crippen molar-refractivity contribution in [2.24, 2.45) is 0 Å². The van der Waals surface area contributed by atoms with Crippen LogP contribution in [-0.4, -0.2) is 27.3 Å². The topological polar surface area (TPSA) is 78.4 Å². The van der Waals surface area contributed by atoms with E-state index in [0.29, 0.717) is 5.56 Å². The van der Waals surface area contributed by atoms with Gasteiger partial charge in [-0.05, 0) is 23.2 Å². The Bertz CT molecular complexity index is 726. The molecular weight excluding hydrogens is 304 g/mol. The van der Waals surface area contributed by atoms with E-state index >= 15 is 0 Å². The lowest BCUT2D eigenvalue weighted by Gasteiger charge is -2.29. The number of carbonyl (C=O) groups is 2. The Morgan fingerprint density at radius 2 is 1.73 bits per heavy atom. The molecule has 0 N–H and O–H groups in total. The molecule has 0 amide bonds. The van der Waals surface area contributed by atoms with Gasteiger partial charge in [0.2, 0.25) is 0 Å². The minimum absolute atomic E-state index is 0.123. The van der Waals surface area contributed by atoms with E-state index in [4.69, 9.17) is 9.47 Å². The number of esters is 2. The van der Waals surface area contributed by atoms with E-state index in [0.717, 1.165) is 11.3 Å². The minimum Gasteiger partial charge on any atom is -0.419 e. The second-order valence-corrected chi connectivity index (χ2v) is 5.76. The monoisotopic (exact) mass is 316 g/mol. The normalized spacial score (nSPS) is 16.9. The van der Waals surface area contributed by atoms with Crippen molar-refractivity contribution < 1.29 is 19.1 Å². The molecule has 0 unspecified atom stereocenters. The summed E-state index contributed by atoms with van der Waals surface area (Å²) in [6.07, 6.45) is 1.45. The molecule has 0 atom stereocenters. The van der Waals surface area contributed by atoms with Crippen molar-refractivity contribution in [3.63, 3.8) is 0 Å². The van der Waals surface area contributed by atoms with Crippen molar-refractivity contribution in [2.45, 2.75) is 19.6 Å². The van der Waals surface area contributed by atoms with Crippen LogP contribution in [0.1, 0.15) is 19.4 Å². The molecule has 0 radical (unpaired) electrons. The van der Waals surface area contributed by atoms with E-state index < -0.39 is 17.7 Å². The number of ether oxygens (including phenoxy) is 2. The highest BCUT2D eigenvalue weighted by Crippen LogP contribution is 2.25. The van der Waals surface area contributed by atoms with E-state index in [1.54, 1.807) is 12.1 Å². The number of rotatable bonds is 2. The summed E-state index contributed by atoms with van der Waals surface area (Å²) in [4.78, 5) is 23.7. The highest BCUT2D eigenvalue weighted by Gasteiger charge is 2.38. The highest BCUT2D eigenvalue weighted by atomic mass is 32.1. The van der Waals surface area contributed by atoms with E-state index in [1.165, 1.54) is 31.5 Å². The van der Waals surface area contributed by atoms with Gasteiger partial charge in [-0.1, -0.05) is 28.8 Å². The average molecular weight is 316 g/mol. The second kappa shape index (κ2) is 5.34. The van der Waals surface area contributed by atoms with Gasteiger partial charge in [-0.15, -0.1) is 5.10 Å². The quantitative estimate of drug-likeness (QED) is 0.481. The first-order valence-corrected chi connectivity index (χ1v) is 7.34. The maximum absolute atomic E-state index is 11.9. The van der Waals surface area contributed by atoms with Crippen LogP contribution in [0.4, 0.5) is 0 Å². The van der Waals surface area contributed by atoms with Crippen molar-refractivity contribution in [3.05, 3.63) is 40.8 Å². The van der Waals surface area contributed by atoms with Crippen LogP contribution >= 0.6 is 11.5 Å². The standard InChI is InChI=1S/C15H12N2O4S/c1-15(2)20-13(18)11(14(19)21-15)7-9-3-5-10(6-4-9)12-8-22-17-16-12/h3-8H,1-2H3. The zero-order valence-electron chi connectivity index (χ0n) is 11.9. The molecule has 2 heterocycles. The third-order valence-corrected chi connectivity index (χ3v) is 3.50. The van der Waals surface area contributed by atoms with Crippen LogP contribution in [0.3, 0.4) is 0 Å². The van der Waals surface area contributed by atoms with E-state index in [-0.39, 0.29) is 5.57 Å². The molecule has 1 aromatic heterocycles. The van der Waals surface area contributed by atoms with Crippen molar-refractivity contribution >= 4 is 29.5 Å². The number of benzene rings is 1. The fraction of sp³-hybridized carbons (Fsp3) is 0.200. The fourth-order valence-electron chi connectivity index (χ4n) is 1.99. The van der Waals surface area contributed by atoms with Gasteiger partial charge in [0.1, 0.15) is 11.3 Å². The summed E-state index contributed by atoms with van der Waals surface area (Å²) in [5, 5.41) is 5.82. The Labute approximate surface area is 130 Å². The predicted molar refractivity (Wildman–Crippen MR) is 79.6 cm³/mol. The lowest BCUT2D eigenvalue weighted by Crippen LogP contribution is -2.41. The van der Waals surface area contributed by atoms with Gasteiger partial charge in [-0.3, -0.25) is 0 Å². The van der Waals surface area contributed by atoms with Crippen molar-refractivity contribution in [1.29, 1.82) is 0 Å². The predicted octanol–water partition coefficient (Wildman–Crippen LogP) is 2.42. The van der Waals surface area contributed by atoms with Crippen LogP contribution in [0.5, 0.6) is 0 Å². The first-order valence-electron chi connectivity index (χ1n) is 6.50. The number of hydrogen-bond donors (Lipinski definition) is 0. The van der Waals surface area contributed by atoms with E-state index in [2.05, 4.69) is 9.59 Å². The van der Waals surface area contributed by atoms with Gasteiger partial charge in [0, 0.05) is 24.8 Å². The summed E-state index contributed by atoms with van der Waals surface area (Å²) in [6.45, 7) is 3.02. The molecule has 0 aliphatic carbocycles. The summed E-state index contributed by atoms with van der Waals surface area (Å²) < 4.78 is 13.9. The molecule has 112 valence electrons. The first kappa shape index (κ1) is 14.4. The molecule has 1 fully saturated rings. The summed E-state index contributed by atoms with van der Waals surface area (Å²) >= 11 is 1.27. The van der Waals surface area contributed by atoms with Crippen LogP contribution in [0, 0.1) is 0 Å². The van der Waals surface area contributed by atoms with Crippen LogP contribution in [0.15, 0.2) is 35.2 Å². The zero-order valence-corrected chi connectivity index (χ0v) is 12.7. The largest absolute Gasteiger partial charge is 0.419 e. The number of carbonyl (C=O) groups excluding carboxylic acids is 2. The summed E-state index contributed by atoms with van der Waals surface area (Å²) in [7, 11) is 0. The molecule has 0 saturated carbocycles. The molecule has 3 rings (SSSR count). The Hall–Kier alpha value is -2.54. The number of nitrogens with zero attached hydrogens (tertiary/aromatic N) is 2. The Morgan fingerprint density at radius 1 is 1.09 bits per heavy atom. The number of hydrogen-bond acceptors (Lipinski definition) is 7. The molecule has 0 bridgehead atoms. The summed E-state index contributed by atoms with van der Waals surface area (Å²) in [5.74, 6) is -2.60. The molecule has 2 aromatic rings. The minimum atomic E-state index is -1.23. The van der Waals surface area contributed by atoms with Crippen LogP contribution in [-0.2, 0) is 19.1 Å². The van der Waals surface area contributed by atoms with Gasteiger partial charge in [-0.25, -0.2) is 9.59 Å². The molecule has 6 nitrogen and oxygen atoms in total. The van der Waals surface area contributed by atoms with Crippen LogP contribution in [0.2, 0.25) is 0 Å². The van der Waals surface area contributed by atoms with Crippen LogP contribution < -0.4 is 0 Å². The second-order valence-electron chi connectivity index (χ2n) is 5.15. The molecule has 0 spiro atoms.